The molecule has 0 fully saturated rings. The van der Waals surface area contributed by atoms with Crippen molar-refractivity contribution in [2.45, 2.75) is 31.7 Å². The zero-order valence-corrected chi connectivity index (χ0v) is 16.2. The van der Waals surface area contributed by atoms with Crippen molar-refractivity contribution >= 4 is 15.9 Å². The normalized spacial score (nSPS) is 12.2. The molecule has 2 aromatic carbocycles. The molecule has 2 rings (SSSR count). The predicted molar refractivity (Wildman–Crippen MR) is 104 cm³/mol. The maximum atomic E-state index is 14.4. The van der Waals surface area contributed by atoms with Crippen molar-refractivity contribution in [1.82, 2.24) is 5.32 Å². The first-order valence-electron chi connectivity index (χ1n) is 8.69. The van der Waals surface area contributed by atoms with Crippen LogP contribution in [0.15, 0.2) is 46.9 Å². The Hall–Kier alpha value is -1.43. The summed E-state index contributed by atoms with van der Waals surface area (Å²) in [6.07, 6.45) is 4.45. The lowest BCUT2D eigenvalue weighted by Crippen LogP contribution is -2.13. The maximum absolute atomic E-state index is 14.4. The molecule has 2 aromatic rings. The third kappa shape index (κ3) is 6.42. The molecule has 136 valence electrons. The van der Waals surface area contributed by atoms with Gasteiger partial charge in [-0.3, -0.25) is 0 Å². The van der Waals surface area contributed by atoms with Crippen molar-refractivity contribution in [1.29, 1.82) is 0 Å². The molecule has 0 saturated heterocycles. The van der Waals surface area contributed by atoms with E-state index in [1.54, 1.807) is 12.1 Å². The van der Waals surface area contributed by atoms with Gasteiger partial charge in [-0.25, -0.2) is 4.39 Å². The number of ether oxygens (including phenoxy) is 1. The number of hydrogen-bond donors (Lipinski definition) is 2. The molecule has 0 unspecified atom stereocenters. The molecule has 25 heavy (non-hydrogen) atoms. The summed E-state index contributed by atoms with van der Waals surface area (Å²) in [4.78, 5) is 0. The Labute approximate surface area is 157 Å². The van der Waals surface area contributed by atoms with Crippen LogP contribution in [0.2, 0.25) is 0 Å². The van der Waals surface area contributed by atoms with E-state index in [1.807, 2.05) is 31.3 Å². The van der Waals surface area contributed by atoms with E-state index in [0.717, 1.165) is 29.4 Å². The van der Waals surface area contributed by atoms with Crippen LogP contribution in [0.4, 0.5) is 4.39 Å². The zero-order valence-electron chi connectivity index (χ0n) is 14.6. The first-order chi connectivity index (χ1) is 12.1. The second-order valence-electron chi connectivity index (χ2n) is 6.08. The summed E-state index contributed by atoms with van der Waals surface area (Å²) in [7, 11) is 1.96. The maximum Gasteiger partial charge on any atom is 0.132 e. The van der Waals surface area contributed by atoms with Gasteiger partial charge in [0, 0.05) is 16.1 Å². The first kappa shape index (κ1) is 19.9. The fraction of sp³-hybridized carbons (Fsp3) is 0.400. The minimum absolute atomic E-state index is 0.332. The quantitative estimate of drug-likeness (QED) is 0.555. The Bertz CT molecular complexity index is 649. The fourth-order valence-electron chi connectivity index (χ4n) is 2.65. The van der Waals surface area contributed by atoms with Gasteiger partial charge in [-0.1, -0.05) is 47.0 Å². The standard InChI is InChI=1S/C20H26BrFN2O/c1-24-12-4-2-3-5-13-25-17-10-11-18(19(22)14-17)20(23)15-6-8-16(21)9-7-15/h6-11,14,20,24H,2-5,12-13,23H2,1H3/t20-/m0/s1. The highest BCUT2D eigenvalue weighted by Gasteiger charge is 2.14. The molecular formula is C20H26BrFN2O. The molecule has 0 aliphatic carbocycles. The minimum atomic E-state index is -0.491. The molecule has 0 heterocycles. The van der Waals surface area contributed by atoms with Crippen LogP contribution in [-0.2, 0) is 0 Å². The third-order valence-electron chi connectivity index (χ3n) is 4.13. The van der Waals surface area contributed by atoms with Gasteiger partial charge in [-0.05, 0) is 50.2 Å². The number of unbranched alkanes of at least 4 members (excludes halogenated alkanes) is 3. The van der Waals surface area contributed by atoms with Crippen molar-refractivity contribution in [2.24, 2.45) is 5.73 Å². The van der Waals surface area contributed by atoms with E-state index in [9.17, 15) is 4.39 Å². The number of hydrogen-bond acceptors (Lipinski definition) is 3. The lowest BCUT2D eigenvalue weighted by Gasteiger charge is -2.15. The van der Waals surface area contributed by atoms with Crippen LogP contribution in [-0.4, -0.2) is 20.2 Å². The van der Waals surface area contributed by atoms with E-state index in [1.165, 1.54) is 18.9 Å². The average molecular weight is 409 g/mol. The molecule has 3 N–H and O–H groups in total. The van der Waals surface area contributed by atoms with E-state index in [2.05, 4.69) is 21.2 Å². The average Bonchev–Trinajstić information content (AvgIpc) is 2.61. The number of halogens is 2. The van der Waals surface area contributed by atoms with Gasteiger partial charge >= 0.3 is 0 Å². The SMILES string of the molecule is CNCCCCCCOc1ccc([C@@H](N)c2ccc(Br)cc2)c(F)c1. The number of benzene rings is 2. The Morgan fingerprint density at radius 2 is 1.80 bits per heavy atom. The molecule has 0 saturated carbocycles. The number of nitrogens with two attached hydrogens (primary N) is 1. The van der Waals surface area contributed by atoms with Gasteiger partial charge in [0.15, 0.2) is 0 Å². The number of nitrogens with one attached hydrogen (secondary N) is 1. The summed E-state index contributed by atoms with van der Waals surface area (Å²) < 4.78 is 21.0. The molecule has 0 bridgehead atoms. The highest BCUT2D eigenvalue weighted by Crippen LogP contribution is 2.26. The highest BCUT2D eigenvalue weighted by atomic mass is 79.9. The Morgan fingerprint density at radius 3 is 2.48 bits per heavy atom. The summed E-state index contributed by atoms with van der Waals surface area (Å²) in [5, 5.41) is 3.13. The van der Waals surface area contributed by atoms with Crippen molar-refractivity contribution in [3.05, 3.63) is 63.9 Å². The van der Waals surface area contributed by atoms with Crippen LogP contribution < -0.4 is 15.8 Å². The van der Waals surface area contributed by atoms with Crippen molar-refractivity contribution in [3.8, 4) is 5.75 Å². The van der Waals surface area contributed by atoms with Gasteiger partial charge in [-0.2, -0.15) is 0 Å². The highest BCUT2D eigenvalue weighted by molar-refractivity contribution is 9.10. The summed E-state index contributed by atoms with van der Waals surface area (Å²) in [6, 6.07) is 12.0. The lowest BCUT2D eigenvalue weighted by molar-refractivity contribution is 0.303. The topological polar surface area (TPSA) is 47.3 Å². The van der Waals surface area contributed by atoms with Gasteiger partial charge in [0.2, 0.25) is 0 Å². The summed E-state index contributed by atoms with van der Waals surface area (Å²) in [6.45, 7) is 1.66. The second-order valence-corrected chi connectivity index (χ2v) is 6.99. The van der Waals surface area contributed by atoms with Crippen LogP contribution in [0, 0.1) is 5.82 Å². The number of rotatable bonds is 10. The van der Waals surface area contributed by atoms with Crippen LogP contribution in [0.1, 0.15) is 42.9 Å². The van der Waals surface area contributed by atoms with E-state index >= 15 is 0 Å². The largest absolute Gasteiger partial charge is 0.493 e. The lowest BCUT2D eigenvalue weighted by atomic mass is 9.99. The summed E-state index contributed by atoms with van der Waals surface area (Å²) in [5.41, 5.74) is 7.54. The molecule has 1 atom stereocenters. The Kier molecular flexibility index (Phi) is 8.38. The Balaban J connectivity index is 1.86. The smallest absolute Gasteiger partial charge is 0.132 e. The van der Waals surface area contributed by atoms with E-state index in [-0.39, 0.29) is 5.82 Å². The predicted octanol–water partition coefficient (Wildman–Crippen LogP) is 4.79. The van der Waals surface area contributed by atoms with Gasteiger partial charge < -0.3 is 15.8 Å². The Morgan fingerprint density at radius 1 is 1.08 bits per heavy atom. The van der Waals surface area contributed by atoms with Crippen LogP contribution in [0.5, 0.6) is 5.75 Å². The molecule has 0 aliphatic rings. The van der Waals surface area contributed by atoms with Crippen molar-refractivity contribution < 1.29 is 9.13 Å². The molecule has 0 spiro atoms. The van der Waals surface area contributed by atoms with E-state index in [0.29, 0.717) is 17.9 Å². The molecule has 5 heteroatoms. The fourth-order valence-corrected chi connectivity index (χ4v) is 2.91. The monoisotopic (exact) mass is 408 g/mol. The van der Waals surface area contributed by atoms with Crippen molar-refractivity contribution in [2.75, 3.05) is 20.2 Å². The second kappa shape index (κ2) is 10.5. The molecule has 0 radical (unpaired) electrons. The summed E-state index contributed by atoms with van der Waals surface area (Å²) in [5.74, 6) is 0.224. The molecule has 3 nitrogen and oxygen atoms in total. The molecule has 0 amide bonds. The summed E-state index contributed by atoms with van der Waals surface area (Å²) >= 11 is 3.39. The van der Waals surface area contributed by atoms with E-state index < -0.39 is 6.04 Å². The minimum Gasteiger partial charge on any atom is -0.493 e. The van der Waals surface area contributed by atoms with Crippen LogP contribution >= 0.6 is 15.9 Å². The van der Waals surface area contributed by atoms with Crippen LogP contribution in [0.3, 0.4) is 0 Å². The van der Waals surface area contributed by atoms with Gasteiger partial charge in [-0.15, -0.1) is 0 Å². The molecule has 0 aromatic heterocycles. The first-order valence-corrected chi connectivity index (χ1v) is 9.49. The van der Waals surface area contributed by atoms with Gasteiger partial charge in [0.1, 0.15) is 11.6 Å². The third-order valence-corrected chi connectivity index (χ3v) is 4.65. The zero-order chi connectivity index (χ0) is 18.1. The van der Waals surface area contributed by atoms with Crippen LogP contribution in [0.25, 0.3) is 0 Å². The van der Waals surface area contributed by atoms with Gasteiger partial charge in [0.05, 0.1) is 12.6 Å². The van der Waals surface area contributed by atoms with E-state index in [4.69, 9.17) is 10.5 Å². The molecule has 0 aliphatic heterocycles. The molecular weight excluding hydrogens is 383 g/mol. The van der Waals surface area contributed by atoms with Crippen molar-refractivity contribution in [3.63, 3.8) is 0 Å². The van der Waals surface area contributed by atoms with Gasteiger partial charge in [0.25, 0.3) is 0 Å².